The van der Waals surface area contributed by atoms with Gasteiger partial charge in [0.2, 0.25) is 5.89 Å². The van der Waals surface area contributed by atoms with Gasteiger partial charge < -0.3 is 8.98 Å². The predicted octanol–water partition coefficient (Wildman–Crippen LogP) is 9.60. The summed E-state index contributed by atoms with van der Waals surface area (Å²) in [5.74, 6) is 0.650. The van der Waals surface area contributed by atoms with Crippen LogP contribution in [0.4, 0.5) is 0 Å². The number of nitrogens with zero attached hydrogens (tertiary/aromatic N) is 2. The molecule has 2 aromatic heterocycles. The summed E-state index contributed by atoms with van der Waals surface area (Å²) in [5.41, 5.74) is 10.1. The van der Waals surface area contributed by atoms with Crippen LogP contribution >= 0.6 is 0 Å². The highest BCUT2D eigenvalue weighted by Gasteiger charge is 2.13. The molecule has 7 rings (SSSR count). The summed E-state index contributed by atoms with van der Waals surface area (Å²) in [5, 5.41) is 2.63. The quantitative estimate of drug-likeness (QED) is 0.231. The fraction of sp³-hybridized carbons (Fsp3) is 0.114. The maximum absolute atomic E-state index is 5.94. The summed E-state index contributed by atoms with van der Waals surface area (Å²) in [6, 6.07) is 40.9. The Hall–Kier alpha value is -4.63. The number of hydrogen-bond donors (Lipinski definition) is 0. The van der Waals surface area contributed by atoms with Gasteiger partial charge in [-0.2, -0.15) is 0 Å². The van der Waals surface area contributed by atoms with Gasteiger partial charge >= 0.3 is 0 Å². The molecule has 0 saturated carbocycles. The Morgan fingerprint density at radius 3 is 2.13 bits per heavy atom. The fourth-order valence-electron chi connectivity index (χ4n) is 5.44. The van der Waals surface area contributed by atoms with E-state index in [9.17, 15) is 0 Å². The topological polar surface area (TPSA) is 31.0 Å². The molecule has 7 aromatic rings. The van der Waals surface area contributed by atoms with Crippen LogP contribution in [0.1, 0.15) is 25.3 Å². The molecule has 0 unspecified atom stereocenters. The van der Waals surface area contributed by atoms with E-state index < -0.39 is 0 Å². The zero-order chi connectivity index (χ0) is 25.5. The van der Waals surface area contributed by atoms with Crippen LogP contribution in [-0.2, 0) is 6.42 Å². The number of oxazole rings is 1. The van der Waals surface area contributed by atoms with Crippen LogP contribution in [0, 0.1) is 0 Å². The molecule has 184 valence electrons. The molecule has 0 spiro atoms. The van der Waals surface area contributed by atoms with Crippen molar-refractivity contribution in [2.45, 2.75) is 26.2 Å². The van der Waals surface area contributed by atoms with E-state index in [1.807, 2.05) is 24.3 Å². The molecule has 0 fully saturated rings. The number of fused-ring (bicyclic) bond motifs is 4. The van der Waals surface area contributed by atoms with Crippen LogP contribution in [-0.4, -0.2) is 9.55 Å². The van der Waals surface area contributed by atoms with E-state index in [1.54, 1.807) is 0 Å². The van der Waals surface area contributed by atoms with Crippen LogP contribution in [0.15, 0.2) is 120 Å². The number of aromatic nitrogens is 2. The standard InChI is InChI=1S/C35H28N2O/c1-2-3-8-24-13-22-33-30(23-24)29-9-4-6-11-32(29)37(33)28-20-18-26(19-21-28)25-14-16-27(17-15-25)35-36-31-10-5-7-12-34(31)38-35/h4-7,9-23H,2-3,8H2,1H3. The number of para-hydroxylation sites is 3. The van der Waals surface area contributed by atoms with E-state index in [-0.39, 0.29) is 0 Å². The van der Waals surface area contributed by atoms with Crippen molar-refractivity contribution in [1.82, 2.24) is 9.55 Å². The molecule has 0 aliphatic rings. The molecule has 0 aliphatic heterocycles. The summed E-state index contributed by atoms with van der Waals surface area (Å²) in [4.78, 5) is 4.63. The summed E-state index contributed by atoms with van der Waals surface area (Å²) in [6.45, 7) is 2.25. The Morgan fingerprint density at radius 1 is 0.658 bits per heavy atom. The normalized spacial score (nSPS) is 11.6. The first-order valence-corrected chi connectivity index (χ1v) is 13.4. The zero-order valence-corrected chi connectivity index (χ0v) is 21.4. The number of benzene rings is 5. The first kappa shape index (κ1) is 22.6. The minimum absolute atomic E-state index is 0.650. The Balaban J connectivity index is 1.23. The average molecular weight is 493 g/mol. The SMILES string of the molecule is CCCCc1ccc2c(c1)c1ccccc1n2-c1ccc(-c2ccc(-c3nc4ccccc4o3)cc2)cc1. The van der Waals surface area contributed by atoms with Gasteiger partial charge in [-0.1, -0.05) is 74.0 Å². The van der Waals surface area contributed by atoms with E-state index in [2.05, 4.69) is 107 Å². The van der Waals surface area contributed by atoms with Crippen LogP contribution in [0.5, 0.6) is 0 Å². The molecule has 0 bridgehead atoms. The Bertz CT molecular complexity index is 1860. The molecule has 3 heteroatoms. The summed E-state index contributed by atoms with van der Waals surface area (Å²) >= 11 is 0. The summed E-state index contributed by atoms with van der Waals surface area (Å²) in [7, 11) is 0. The number of aryl methyl sites for hydroxylation is 1. The fourth-order valence-corrected chi connectivity index (χ4v) is 5.44. The average Bonchev–Trinajstić information content (AvgIpc) is 3.56. The first-order chi connectivity index (χ1) is 18.8. The molecule has 2 heterocycles. The Kier molecular flexibility index (Phi) is 5.55. The molecule has 0 atom stereocenters. The Morgan fingerprint density at radius 2 is 1.34 bits per heavy atom. The molecule has 3 nitrogen and oxygen atoms in total. The molecule has 0 saturated heterocycles. The maximum Gasteiger partial charge on any atom is 0.227 e. The van der Waals surface area contributed by atoms with Crippen LogP contribution < -0.4 is 0 Å². The minimum atomic E-state index is 0.650. The predicted molar refractivity (Wildman–Crippen MR) is 158 cm³/mol. The molecular formula is C35H28N2O. The van der Waals surface area contributed by atoms with Crippen molar-refractivity contribution in [3.63, 3.8) is 0 Å². The molecule has 0 aliphatic carbocycles. The molecule has 5 aromatic carbocycles. The third kappa shape index (κ3) is 3.88. The maximum atomic E-state index is 5.94. The van der Waals surface area contributed by atoms with E-state index in [4.69, 9.17) is 4.42 Å². The second-order valence-electron chi connectivity index (χ2n) is 9.92. The lowest BCUT2D eigenvalue weighted by Gasteiger charge is -2.10. The van der Waals surface area contributed by atoms with Gasteiger partial charge in [-0.25, -0.2) is 4.98 Å². The highest BCUT2D eigenvalue weighted by atomic mass is 16.3. The van der Waals surface area contributed by atoms with Gasteiger partial charge in [-0.05, 0) is 84.1 Å². The van der Waals surface area contributed by atoms with Gasteiger partial charge in [0.05, 0.1) is 11.0 Å². The summed E-state index contributed by atoms with van der Waals surface area (Å²) < 4.78 is 8.32. The van der Waals surface area contributed by atoms with E-state index in [1.165, 1.54) is 57.0 Å². The van der Waals surface area contributed by atoms with Gasteiger partial charge in [0.25, 0.3) is 0 Å². The molecule has 0 radical (unpaired) electrons. The lowest BCUT2D eigenvalue weighted by Crippen LogP contribution is -1.94. The largest absolute Gasteiger partial charge is 0.436 e. The van der Waals surface area contributed by atoms with Crippen molar-refractivity contribution < 1.29 is 4.42 Å². The minimum Gasteiger partial charge on any atom is -0.436 e. The second kappa shape index (κ2) is 9.35. The van der Waals surface area contributed by atoms with Crippen molar-refractivity contribution >= 4 is 32.9 Å². The van der Waals surface area contributed by atoms with E-state index in [0.29, 0.717) is 5.89 Å². The third-order valence-electron chi connectivity index (χ3n) is 7.44. The molecule has 0 amide bonds. The van der Waals surface area contributed by atoms with Gasteiger partial charge in [0, 0.05) is 22.0 Å². The monoisotopic (exact) mass is 492 g/mol. The van der Waals surface area contributed by atoms with Crippen molar-refractivity contribution in [3.8, 4) is 28.3 Å². The third-order valence-corrected chi connectivity index (χ3v) is 7.44. The lowest BCUT2D eigenvalue weighted by atomic mass is 10.0. The van der Waals surface area contributed by atoms with Gasteiger partial charge in [-0.3, -0.25) is 0 Å². The van der Waals surface area contributed by atoms with Crippen LogP contribution in [0.2, 0.25) is 0 Å². The number of unbranched alkanes of at least 4 members (excludes halogenated alkanes) is 1. The van der Waals surface area contributed by atoms with Crippen molar-refractivity contribution in [1.29, 1.82) is 0 Å². The molecule has 0 N–H and O–H groups in total. The van der Waals surface area contributed by atoms with Gasteiger partial charge in [0.1, 0.15) is 5.52 Å². The van der Waals surface area contributed by atoms with E-state index in [0.717, 1.165) is 23.1 Å². The van der Waals surface area contributed by atoms with Gasteiger partial charge in [0.15, 0.2) is 5.58 Å². The Labute approximate surface area is 222 Å². The number of rotatable bonds is 6. The van der Waals surface area contributed by atoms with Crippen molar-refractivity contribution in [3.05, 3.63) is 121 Å². The van der Waals surface area contributed by atoms with Gasteiger partial charge in [-0.15, -0.1) is 0 Å². The first-order valence-electron chi connectivity index (χ1n) is 13.4. The number of hydrogen-bond acceptors (Lipinski definition) is 2. The van der Waals surface area contributed by atoms with Crippen molar-refractivity contribution in [2.75, 3.05) is 0 Å². The van der Waals surface area contributed by atoms with Crippen LogP contribution in [0.3, 0.4) is 0 Å². The molecular weight excluding hydrogens is 464 g/mol. The second-order valence-corrected chi connectivity index (χ2v) is 9.92. The molecule has 38 heavy (non-hydrogen) atoms. The van der Waals surface area contributed by atoms with E-state index >= 15 is 0 Å². The highest BCUT2D eigenvalue weighted by Crippen LogP contribution is 2.34. The summed E-state index contributed by atoms with van der Waals surface area (Å²) in [6.07, 6.45) is 3.57. The van der Waals surface area contributed by atoms with Crippen LogP contribution in [0.25, 0.3) is 61.2 Å². The lowest BCUT2D eigenvalue weighted by molar-refractivity contribution is 0.620. The smallest absolute Gasteiger partial charge is 0.227 e. The zero-order valence-electron chi connectivity index (χ0n) is 21.4. The van der Waals surface area contributed by atoms with Crippen molar-refractivity contribution in [2.24, 2.45) is 0 Å². The highest BCUT2D eigenvalue weighted by molar-refractivity contribution is 6.09.